The number of para-hydroxylation sites is 1. The molecule has 6 heteroatoms. The summed E-state index contributed by atoms with van der Waals surface area (Å²) in [5.74, 6) is 1.37. The summed E-state index contributed by atoms with van der Waals surface area (Å²) < 4.78 is 11.5. The van der Waals surface area contributed by atoms with E-state index in [1.165, 1.54) is 0 Å². The number of likely N-dealkylation sites (N-methyl/N-ethyl adjacent to an activating group) is 1. The molecule has 134 valence electrons. The Hall–Kier alpha value is -3.15. The maximum Gasteiger partial charge on any atom is 0.263 e. The van der Waals surface area contributed by atoms with Gasteiger partial charge in [-0.15, -0.1) is 10.2 Å². The van der Waals surface area contributed by atoms with E-state index in [0.717, 1.165) is 5.56 Å². The minimum absolute atomic E-state index is 0.129. The number of carbonyl (C=O) groups is 1. The Morgan fingerprint density at radius 2 is 1.73 bits per heavy atom. The quantitative estimate of drug-likeness (QED) is 0.651. The molecule has 0 aliphatic rings. The second kappa shape index (κ2) is 8.29. The minimum atomic E-state index is -0.557. The van der Waals surface area contributed by atoms with Crippen LogP contribution in [0.3, 0.4) is 0 Å². The Labute approximate surface area is 152 Å². The molecular weight excluding hydrogens is 330 g/mol. The van der Waals surface area contributed by atoms with E-state index in [2.05, 4.69) is 10.2 Å². The lowest BCUT2D eigenvalue weighted by Crippen LogP contribution is -2.39. The van der Waals surface area contributed by atoms with E-state index in [1.54, 1.807) is 11.9 Å². The monoisotopic (exact) mass is 351 g/mol. The molecule has 0 aliphatic carbocycles. The summed E-state index contributed by atoms with van der Waals surface area (Å²) in [6.45, 7) is 2.15. The number of ether oxygens (including phenoxy) is 1. The summed E-state index contributed by atoms with van der Waals surface area (Å²) in [7, 11) is 1.70. The summed E-state index contributed by atoms with van der Waals surface area (Å²) in [6, 6.07) is 18.8. The van der Waals surface area contributed by atoms with E-state index < -0.39 is 6.10 Å². The molecule has 0 saturated heterocycles. The van der Waals surface area contributed by atoms with Crippen LogP contribution in [-0.2, 0) is 11.3 Å². The third kappa shape index (κ3) is 4.27. The molecule has 3 rings (SSSR count). The highest BCUT2D eigenvalue weighted by Crippen LogP contribution is 2.18. The number of hydrogen-bond donors (Lipinski definition) is 0. The molecule has 0 bridgehead atoms. The van der Waals surface area contributed by atoms with Crippen LogP contribution in [0.2, 0.25) is 0 Å². The van der Waals surface area contributed by atoms with Crippen molar-refractivity contribution in [2.45, 2.75) is 26.0 Å². The first-order valence-corrected chi connectivity index (χ1v) is 8.52. The number of amides is 1. The highest BCUT2D eigenvalue weighted by molar-refractivity contribution is 5.80. The number of nitrogens with zero attached hydrogens (tertiary/aromatic N) is 3. The fraction of sp³-hybridized carbons (Fsp3) is 0.250. The summed E-state index contributed by atoms with van der Waals surface area (Å²) in [5.41, 5.74) is 0.846. The number of carbonyl (C=O) groups excluding carboxylic acids is 1. The van der Waals surface area contributed by atoms with Gasteiger partial charge in [-0.3, -0.25) is 4.79 Å². The predicted octanol–water partition coefficient (Wildman–Crippen LogP) is 3.55. The van der Waals surface area contributed by atoms with Crippen LogP contribution in [0, 0.1) is 0 Å². The van der Waals surface area contributed by atoms with Crippen molar-refractivity contribution in [1.29, 1.82) is 0 Å². The van der Waals surface area contributed by atoms with Gasteiger partial charge in [-0.2, -0.15) is 0 Å². The maximum absolute atomic E-state index is 12.7. The second-order valence-electron chi connectivity index (χ2n) is 5.89. The Morgan fingerprint density at radius 1 is 1.08 bits per heavy atom. The lowest BCUT2D eigenvalue weighted by Gasteiger charge is -2.22. The molecule has 0 spiro atoms. The highest BCUT2D eigenvalue weighted by Gasteiger charge is 2.24. The molecule has 6 nitrogen and oxygen atoms in total. The standard InChI is InChI=1S/C20H21N3O3/c1-3-17(25-16-12-8-5-9-13-16)20(24)23(2)14-18-21-22-19(26-18)15-10-6-4-7-11-15/h4-13,17H,3,14H2,1-2H3/t17-/m0/s1. The second-order valence-corrected chi connectivity index (χ2v) is 5.89. The van der Waals surface area contributed by atoms with Gasteiger partial charge < -0.3 is 14.1 Å². The zero-order valence-corrected chi connectivity index (χ0v) is 14.8. The molecule has 0 radical (unpaired) electrons. The average Bonchev–Trinajstić information content (AvgIpc) is 3.15. The zero-order valence-electron chi connectivity index (χ0n) is 14.8. The molecule has 26 heavy (non-hydrogen) atoms. The maximum atomic E-state index is 12.7. The van der Waals surface area contributed by atoms with Crippen LogP contribution in [0.4, 0.5) is 0 Å². The van der Waals surface area contributed by atoms with Crippen molar-refractivity contribution in [3.8, 4) is 17.2 Å². The zero-order chi connectivity index (χ0) is 18.4. The van der Waals surface area contributed by atoms with Gasteiger partial charge in [0.15, 0.2) is 6.10 Å². The highest BCUT2D eigenvalue weighted by atomic mass is 16.5. The molecule has 1 aromatic heterocycles. The molecule has 0 saturated carbocycles. The van der Waals surface area contributed by atoms with Crippen LogP contribution >= 0.6 is 0 Å². The van der Waals surface area contributed by atoms with Gasteiger partial charge in [0.2, 0.25) is 11.8 Å². The van der Waals surface area contributed by atoms with Gasteiger partial charge in [0.05, 0.1) is 6.54 Å². The van der Waals surface area contributed by atoms with Gasteiger partial charge in [0.25, 0.3) is 5.91 Å². The van der Waals surface area contributed by atoms with Gasteiger partial charge in [0.1, 0.15) is 5.75 Å². The van der Waals surface area contributed by atoms with Gasteiger partial charge in [-0.1, -0.05) is 43.3 Å². The van der Waals surface area contributed by atoms with Crippen LogP contribution in [0.5, 0.6) is 5.75 Å². The van der Waals surface area contributed by atoms with E-state index in [1.807, 2.05) is 67.6 Å². The normalized spacial score (nSPS) is 11.8. The Kier molecular flexibility index (Phi) is 5.63. The Balaban J connectivity index is 1.64. The van der Waals surface area contributed by atoms with E-state index in [4.69, 9.17) is 9.15 Å². The summed E-state index contributed by atoms with van der Waals surface area (Å²) >= 11 is 0. The van der Waals surface area contributed by atoms with Crippen LogP contribution < -0.4 is 4.74 Å². The predicted molar refractivity (Wildman–Crippen MR) is 97.4 cm³/mol. The van der Waals surface area contributed by atoms with Crippen LogP contribution in [0.1, 0.15) is 19.2 Å². The largest absolute Gasteiger partial charge is 0.481 e. The fourth-order valence-corrected chi connectivity index (χ4v) is 2.51. The van der Waals surface area contributed by atoms with Crippen molar-refractivity contribution < 1.29 is 13.9 Å². The van der Waals surface area contributed by atoms with Crippen molar-refractivity contribution in [3.05, 3.63) is 66.6 Å². The van der Waals surface area contributed by atoms with Crippen LogP contribution in [-0.4, -0.2) is 34.2 Å². The number of rotatable bonds is 7. The minimum Gasteiger partial charge on any atom is -0.481 e. The molecule has 1 amide bonds. The smallest absolute Gasteiger partial charge is 0.263 e. The summed E-state index contributed by atoms with van der Waals surface area (Å²) in [5, 5.41) is 8.08. The third-order valence-corrected chi connectivity index (χ3v) is 3.90. The van der Waals surface area contributed by atoms with E-state index >= 15 is 0 Å². The van der Waals surface area contributed by atoms with Gasteiger partial charge in [0, 0.05) is 12.6 Å². The van der Waals surface area contributed by atoms with Gasteiger partial charge in [-0.05, 0) is 30.7 Å². The number of aromatic nitrogens is 2. The van der Waals surface area contributed by atoms with Crippen LogP contribution in [0.25, 0.3) is 11.5 Å². The van der Waals surface area contributed by atoms with Crippen molar-refractivity contribution in [2.75, 3.05) is 7.05 Å². The lowest BCUT2D eigenvalue weighted by atomic mass is 10.2. The lowest BCUT2D eigenvalue weighted by molar-refractivity contribution is -0.138. The molecule has 1 heterocycles. The Morgan fingerprint density at radius 3 is 2.38 bits per heavy atom. The summed E-state index contributed by atoms with van der Waals surface area (Å²) in [6.07, 6.45) is 0.0101. The topological polar surface area (TPSA) is 68.5 Å². The molecule has 2 aromatic carbocycles. The van der Waals surface area contributed by atoms with Crippen molar-refractivity contribution in [3.63, 3.8) is 0 Å². The van der Waals surface area contributed by atoms with Crippen molar-refractivity contribution in [2.24, 2.45) is 0 Å². The first-order valence-electron chi connectivity index (χ1n) is 8.52. The van der Waals surface area contributed by atoms with E-state index in [0.29, 0.717) is 24.0 Å². The molecule has 0 fully saturated rings. The first kappa shape index (κ1) is 17.7. The molecule has 0 unspecified atom stereocenters. The molecule has 1 atom stereocenters. The summed E-state index contributed by atoms with van der Waals surface area (Å²) in [4.78, 5) is 14.2. The number of hydrogen-bond acceptors (Lipinski definition) is 5. The molecule has 3 aromatic rings. The first-order chi connectivity index (χ1) is 12.7. The van der Waals surface area contributed by atoms with E-state index in [-0.39, 0.29) is 12.5 Å². The molecular formula is C20H21N3O3. The third-order valence-electron chi connectivity index (χ3n) is 3.90. The van der Waals surface area contributed by atoms with Crippen molar-refractivity contribution in [1.82, 2.24) is 15.1 Å². The van der Waals surface area contributed by atoms with E-state index in [9.17, 15) is 4.79 Å². The molecule has 0 aliphatic heterocycles. The van der Waals surface area contributed by atoms with Gasteiger partial charge in [-0.25, -0.2) is 0 Å². The number of benzene rings is 2. The average molecular weight is 351 g/mol. The SMILES string of the molecule is CC[C@H](Oc1ccccc1)C(=O)N(C)Cc1nnc(-c2ccccc2)o1. The van der Waals surface area contributed by atoms with Gasteiger partial charge >= 0.3 is 0 Å². The fourth-order valence-electron chi connectivity index (χ4n) is 2.51. The Bertz CT molecular complexity index is 834. The van der Waals surface area contributed by atoms with Crippen molar-refractivity contribution >= 4 is 5.91 Å². The van der Waals surface area contributed by atoms with Crippen LogP contribution in [0.15, 0.2) is 65.1 Å². The molecule has 0 N–H and O–H groups in total.